The van der Waals surface area contributed by atoms with Gasteiger partial charge in [0.25, 0.3) is 0 Å². The van der Waals surface area contributed by atoms with Crippen LogP contribution >= 0.6 is 0 Å². The second-order valence-electron chi connectivity index (χ2n) is 2.97. The molecule has 4 N–H and O–H groups in total. The Morgan fingerprint density at radius 2 is 1.92 bits per heavy atom. The van der Waals surface area contributed by atoms with Gasteiger partial charge in [-0.25, -0.2) is 0 Å². The maximum absolute atomic E-state index is 10.8. The van der Waals surface area contributed by atoms with E-state index in [1.165, 1.54) is 19.3 Å². The Morgan fingerprint density at radius 3 is 2.50 bits per heavy atom. The van der Waals surface area contributed by atoms with Crippen molar-refractivity contribution in [3.63, 3.8) is 0 Å². The Hall–Kier alpha value is -0.570. The molecule has 0 spiro atoms. The predicted octanol–water partition coefficient (Wildman–Crippen LogP) is 0.315. The number of hydrogen-bond donors (Lipinski definition) is 2. The minimum absolute atomic E-state index is 0.159. The summed E-state index contributed by atoms with van der Waals surface area (Å²) in [7, 11) is 0. The van der Waals surface area contributed by atoms with Crippen LogP contribution in [0.3, 0.4) is 0 Å². The van der Waals surface area contributed by atoms with E-state index in [1.807, 2.05) is 6.92 Å². The fraction of sp³-hybridized carbons (Fsp3) is 0.889. The first-order valence-electron chi connectivity index (χ1n) is 4.87. The van der Waals surface area contributed by atoms with Crippen LogP contribution in [-0.2, 0) is 4.79 Å². The number of carbonyl (C=O) groups excluding carboxylic acids is 1. The molecule has 0 aliphatic rings. The van der Waals surface area contributed by atoms with Crippen molar-refractivity contribution in [3.8, 4) is 0 Å². The SMILES string of the molecule is CCC(=O)NCCCCCC[NH3+]. The maximum atomic E-state index is 10.8. The summed E-state index contributed by atoms with van der Waals surface area (Å²) in [5.74, 6) is 0.159. The molecular formula is C9H21N2O+. The van der Waals surface area contributed by atoms with Crippen LogP contribution in [0.15, 0.2) is 0 Å². The van der Waals surface area contributed by atoms with Crippen molar-refractivity contribution < 1.29 is 10.5 Å². The molecule has 0 aliphatic heterocycles. The number of rotatable bonds is 7. The average molecular weight is 173 g/mol. The summed E-state index contributed by atoms with van der Waals surface area (Å²) in [5.41, 5.74) is 3.78. The summed E-state index contributed by atoms with van der Waals surface area (Å²) in [6.45, 7) is 3.74. The summed E-state index contributed by atoms with van der Waals surface area (Å²) >= 11 is 0. The van der Waals surface area contributed by atoms with Crippen molar-refractivity contribution in [3.05, 3.63) is 0 Å². The summed E-state index contributed by atoms with van der Waals surface area (Å²) < 4.78 is 0. The normalized spacial score (nSPS) is 9.83. The van der Waals surface area contributed by atoms with Crippen LogP contribution in [0.25, 0.3) is 0 Å². The molecule has 0 radical (unpaired) electrons. The van der Waals surface area contributed by atoms with Gasteiger partial charge in [0.05, 0.1) is 6.54 Å². The van der Waals surface area contributed by atoms with Crippen LogP contribution in [0.1, 0.15) is 39.0 Å². The second kappa shape index (κ2) is 8.53. The van der Waals surface area contributed by atoms with Gasteiger partial charge >= 0.3 is 0 Å². The smallest absolute Gasteiger partial charge is 0.219 e. The van der Waals surface area contributed by atoms with Gasteiger partial charge in [-0.2, -0.15) is 0 Å². The van der Waals surface area contributed by atoms with Crippen LogP contribution in [0, 0.1) is 0 Å². The largest absolute Gasteiger partial charge is 0.358 e. The van der Waals surface area contributed by atoms with Crippen molar-refractivity contribution in [2.75, 3.05) is 13.1 Å². The van der Waals surface area contributed by atoms with Crippen LogP contribution in [0.5, 0.6) is 0 Å². The molecule has 72 valence electrons. The first kappa shape index (κ1) is 11.4. The zero-order valence-corrected chi connectivity index (χ0v) is 8.07. The van der Waals surface area contributed by atoms with Gasteiger partial charge in [-0.05, 0) is 19.3 Å². The van der Waals surface area contributed by atoms with Crippen molar-refractivity contribution in [2.24, 2.45) is 0 Å². The zero-order valence-electron chi connectivity index (χ0n) is 8.07. The van der Waals surface area contributed by atoms with Crippen LogP contribution in [-0.4, -0.2) is 19.0 Å². The Bertz CT molecular complexity index is 115. The lowest BCUT2D eigenvalue weighted by atomic mass is 10.2. The van der Waals surface area contributed by atoms with Gasteiger partial charge in [0, 0.05) is 13.0 Å². The second-order valence-corrected chi connectivity index (χ2v) is 2.97. The van der Waals surface area contributed by atoms with Gasteiger partial charge in [-0.3, -0.25) is 4.79 Å². The van der Waals surface area contributed by atoms with E-state index in [2.05, 4.69) is 11.1 Å². The van der Waals surface area contributed by atoms with Crippen LogP contribution in [0.4, 0.5) is 0 Å². The molecule has 0 bridgehead atoms. The molecule has 3 heteroatoms. The number of hydrogen-bond acceptors (Lipinski definition) is 1. The third-order valence-corrected chi connectivity index (χ3v) is 1.82. The standard InChI is InChI=1S/C9H20N2O/c1-2-9(12)11-8-6-4-3-5-7-10/h2-8,10H2,1H3,(H,11,12)/p+1. The van der Waals surface area contributed by atoms with E-state index in [-0.39, 0.29) is 5.91 Å². The highest BCUT2D eigenvalue weighted by atomic mass is 16.1. The Morgan fingerprint density at radius 1 is 1.25 bits per heavy atom. The molecule has 0 aliphatic carbocycles. The molecule has 0 atom stereocenters. The lowest BCUT2D eigenvalue weighted by Crippen LogP contribution is -2.50. The summed E-state index contributed by atoms with van der Waals surface area (Å²) in [4.78, 5) is 10.8. The molecule has 0 aromatic rings. The first-order valence-corrected chi connectivity index (χ1v) is 4.87. The van der Waals surface area contributed by atoms with Crippen molar-refractivity contribution in [2.45, 2.75) is 39.0 Å². The van der Waals surface area contributed by atoms with E-state index >= 15 is 0 Å². The number of carbonyl (C=O) groups is 1. The van der Waals surface area contributed by atoms with E-state index in [0.29, 0.717) is 6.42 Å². The molecule has 0 aromatic carbocycles. The van der Waals surface area contributed by atoms with Crippen molar-refractivity contribution >= 4 is 5.91 Å². The number of amides is 1. The molecule has 1 amide bonds. The molecule has 0 saturated carbocycles. The highest BCUT2D eigenvalue weighted by Gasteiger charge is 1.94. The lowest BCUT2D eigenvalue weighted by molar-refractivity contribution is -0.368. The van der Waals surface area contributed by atoms with Crippen molar-refractivity contribution in [1.82, 2.24) is 5.32 Å². The topological polar surface area (TPSA) is 56.7 Å². The van der Waals surface area contributed by atoms with Gasteiger partial charge in [-0.15, -0.1) is 0 Å². The average Bonchev–Trinajstić information content (AvgIpc) is 2.10. The molecule has 12 heavy (non-hydrogen) atoms. The minimum Gasteiger partial charge on any atom is -0.358 e. The fourth-order valence-corrected chi connectivity index (χ4v) is 1.01. The van der Waals surface area contributed by atoms with E-state index in [1.54, 1.807) is 0 Å². The molecule has 0 rings (SSSR count). The third-order valence-electron chi connectivity index (χ3n) is 1.82. The van der Waals surface area contributed by atoms with Gasteiger partial charge in [0.2, 0.25) is 5.91 Å². The van der Waals surface area contributed by atoms with Gasteiger partial charge in [-0.1, -0.05) is 13.3 Å². The number of unbranched alkanes of at least 4 members (excludes halogenated alkanes) is 3. The minimum atomic E-state index is 0.159. The zero-order chi connectivity index (χ0) is 9.23. The Balaban J connectivity index is 2.95. The van der Waals surface area contributed by atoms with E-state index in [4.69, 9.17) is 0 Å². The van der Waals surface area contributed by atoms with Crippen molar-refractivity contribution in [1.29, 1.82) is 0 Å². The Kier molecular flexibility index (Phi) is 8.12. The monoisotopic (exact) mass is 173 g/mol. The predicted molar refractivity (Wildman–Crippen MR) is 49.5 cm³/mol. The van der Waals surface area contributed by atoms with Crippen LogP contribution < -0.4 is 11.1 Å². The summed E-state index contributed by atoms with van der Waals surface area (Å²) in [6.07, 6.45) is 5.36. The van der Waals surface area contributed by atoms with Crippen LogP contribution in [0.2, 0.25) is 0 Å². The van der Waals surface area contributed by atoms with Gasteiger partial charge in [0.15, 0.2) is 0 Å². The van der Waals surface area contributed by atoms with E-state index in [0.717, 1.165) is 19.5 Å². The molecule has 0 saturated heterocycles. The summed E-state index contributed by atoms with van der Waals surface area (Å²) in [5, 5.41) is 2.85. The highest BCUT2D eigenvalue weighted by Crippen LogP contribution is 1.96. The first-order chi connectivity index (χ1) is 5.81. The van der Waals surface area contributed by atoms with Gasteiger partial charge in [0.1, 0.15) is 0 Å². The number of quaternary nitrogens is 1. The molecule has 3 nitrogen and oxygen atoms in total. The fourth-order valence-electron chi connectivity index (χ4n) is 1.01. The maximum Gasteiger partial charge on any atom is 0.219 e. The highest BCUT2D eigenvalue weighted by molar-refractivity contribution is 5.75. The quantitative estimate of drug-likeness (QED) is 0.535. The molecule has 0 unspecified atom stereocenters. The molecule has 0 fully saturated rings. The molecule has 0 heterocycles. The third kappa shape index (κ3) is 7.54. The Labute approximate surface area is 74.7 Å². The number of nitrogens with one attached hydrogen (secondary N) is 1. The molecular weight excluding hydrogens is 152 g/mol. The molecule has 0 aromatic heterocycles. The van der Waals surface area contributed by atoms with Gasteiger partial charge < -0.3 is 11.1 Å². The van der Waals surface area contributed by atoms with E-state index < -0.39 is 0 Å². The summed E-state index contributed by atoms with van der Waals surface area (Å²) in [6, 6.07) is 0. The van der Waals surface area contributed by atoms with E-state index in [9.17, 15) is 4.79 Å². The lowest BCUT2D eigenvalue weighted by Gasteiger charge is -2.01.